The summed E-state index contributed by atoms with van der Waals surface area (Å²) in [5.74, 6) is 0.171. The van der Waals surface area contributed by atoms with Crippen LogP contribution in [-0.4, -0.2) is 28.8 Å². The van der Waals surface area contributed by atoms with E-state index in [2.05, 4.69) is 11.4 Å². The van der Waals surface area contributed by atoms with Crippen LogP contribution in [0.15, 0.2) is 36.0 Å². The van der Waals surface area contributed by atoms with Gasteiger partial charge < -0.3 is 4.57 Å². The van der Waals surface area contributed by atoms with E-state index >= 15 is 0 Å². The summed E-state index contributed by atoms with van der Waals surface area (Å²) < 4.78 is 1.90. The van der Waals surface area contributed by atoms with Crippen molar-refractivity contribution in [3.63, 3.8) is 0 Å². The summed E-state index contributed by atoms with van der Waals surface area (Å²) >= 11 is 1.72. The van der Waals surface area contributed by atoms with Crippen LogP contribution >= 0.6 is 11.3 Å². The summed E-state index contributed by atoms with van der Waals surface area (Å²) in [6.07, 6.45) is 3.76. The van der Waals surface area contributed by atoms with Crippen LogP contribution in [0.5, 0.6) is 0 Å². The third-order valence-electron chi connectivity index (χ3n) is 2.57. The summed E-state index contributed by atoms with van der Waals surface area (Å²) in [6, 6.07) is 5.99. The van der Waals surface area contributed by atoms with Crippen molar-refractivity contribution in [2.24, 2.45) is 7.05 Å². The molecule has 4 heteroatoms. The van der Waals surface area contributed by atoms with Gasteiger partial charge in [-0.05, 0) is 24.6 Å². The number of aromatic nitrogens is 1. The second-order valence-electron chi connectivity index (χ2n) is 4.24. The van der Waals surface area contributed by atoms with E-state index in [9.17, 15) is 4.79 Å². The molecule has 0 atom stereocenters. The van der Waals surface area contributed by atoms with E-state index in [4.69, 9.17) is 0 Å². The van der Waals surface area contributed by atoms with Gasteiger partial charge in [0.25, 0.3) is 0 Å². The molecule has 2 aromatic heterocycles. The highest BCUT2D eigenvalue weighted by Crippen LogP contribution is 2.11. The van der Waals surface area contributed by atoms with Gasteiger partial charge in [0.15, 0.2) is 5.78 Å². The summed E-state index contributed by atoms with van der Waals surface area (Å²) in [6.45, 7) is 1.29. The third-order valence-corrected chi connectivity index (χ3v) is 3.43. The minimum atomic E-state index is 0.171. The molecule has 0 saturated carbocycles. The van der Waals surface area contributed by atoms with E-state index in [1.165, 1.54) is 4.88 Å². The monoisotopic (exact) mass is 248 g/mol. The highest BCUT2D eigenvalue weighted by molar-refractivity contribution is 7.09. The van der Waals surface area contributed by atoms with E-state index in [1.807, 2.05) is 48.1 Å². The molecule has 0 saturated heterocycles. The second kappa shape index (κ2) is 5.29. The number of aryl methyl sites for hydroxylation is 1. The number of rotatable bonds is 5. The van der Waals surface area contributed by atoms with Gasteiger partial charge in [-0.15, -0.1) is 11.3 Å². The molecular formula is C13H16N2OS. The summed E-state index contributed by atoms with van der Waals surface area (Å²) in [5, 5.41) is 2.06. The van der Waals surface area contributed by atoms with Crippen molar-refractivity contribution in [2.75, 3.05) is 13.6 Å². The van der Waals surface area contributed by atoms with E-state index in [0.29, 0.717) is 6.54 Å². The average Bonchev–Trinajstić information content (AvgIpc) is 2.89. The Balaban J connectivity index is 1.90. The van der Waals surface area contributed by atoms with Crippen LogP contribution < -0.4 is 0 Å². The van der Waals surface area contributed by atoms with Crippen LogP contribution in [0.1, 0.15) is 15.2 Å². The van der Waals surface area contributed by atoms with Gasteiger partial charge >= 0.3 is 0 Å². The maximum atomic E-state index is 11.9. The topological polar surface area (TPSA) is 25.2 Å². The molecular weight excluding hydrogens is 232 g/mol. The molecule has 0 radical (unpaired) electrons. The van der Waals surface area contributed by atoms with Gasteiger partial charge in [0.2, 0.25) is 0 Å². The van der Waals surface area contributed by atoms with Crippen LogP contribution in [-0.2, 0) is 13.6 Å². The molecule has 0 aliphatic rings. The van der Waals surface area contributed by atoms with Crippen molar-refractivity contribution in [1.82, 2.24) is 9.47 Å². The lowest BCUT2D eigenvalue weighted by molar-refractivity contribution is 0.0943. The predicted molar refractivity (Wildman–Crippen MR) is 70.4 cm³/mol. The summed E-state index contributed by atoms with van der Waals surface area (Å²) in [7, 11) is 3.90. The van der Waals surface area contributed by atoms with Crippen LogP contribution in [0.3, 0.4) is 0 Å². The number of likely N-dealkylation sites (N-methyl/N-ethyl adjacent to an activating group) is 1. The van der Waals surface area contributed by atoms with Gasteiger partial charge in [-0.1, -0.05) is 6.07 Å². The zero-order valence-corrected chi connectivity index (χ0v) is 10.9. The Kier molecular flexibility index (Phi) is 3.76. The third kappa shape index (κ3) is 3.28. The van der Waals surface area contributed by atoms with Gasteiger partial charge in [-0.2, -0.15) is 0 Å². The molecule has 0 aromatic carbocycles. The number of hydrogen-bond acceptors (Lipinski definition) is 3. The van der Waals surface area contributed by atoms with E-state index < -0.39 is 0 Å². The molecule has 2 heterocycles. The second-order valence-corrected chi connectivity index (χ2v) is 5.27. The van der Waals surface area contributed by atoms with Crippen LogP contribution in [0, 0.1) is 0 Å². The first-order valence-electron chi connectivity index (χ1n) is 5.51. The molecule has 0 unspecified atom stereocenters. The molecule has 0 spiro atoms. The van der Waals surface area contributed by atoms with Gasteiger partial charge in [0.05, 0.1) is 6.54 Å². The highest BCUT2D eigenvalue weighted by atomic mass is 32.1. The molecule has 0 amide bonds. The van der Waals surface area contributed by atoms with Crippen molar-refractivity contribution >= 4 is 17.1 Å². The number of Topliss-reactive ketones (excluding diaryl/α,β-unsaturated/α-hetero) is 1. The zero-order valence-electron chi connectivity index (χ0n) is 10.1. The maximum Gasteiger partial charge on any atom is 0.178 e. The minimum Gasteiger partial charge on any atom is -0.357 e. The lowest BCUT2D eigenvalue weighted by Gasteiger charge is -2.13. The van der Waals surface area contributed by atoms with E-state index in [0.717, 1.165) is 12.1 Å². The number of ketones is 1. The number of thiophene rings is 1. The summed E-state index contributed by atoms with van der Waals surface area (Å²) in [4.78, 5) is 15.3. The van der Waals surface area contributed by atoms with Crippen molar-refractivity contribution in [1.29, 1.82) is 0 Å². The molecule has 3 nitrogen and oxygen atoms in total. The van der Waals surface area contributed by atoms with Crippen LogP contribution in [0.4, 0.5) is 0 Å². The standard InChI is InChI=1S/C13H16N2OS/c1-14-6-5-11(8-14)13(16)10-15(2)9-12-4-3-7-17-12/h3-8H,9-10H2,1-2H3. The average molecular weight is 248 g/mol. The maximum absolute atomic E-state index is 11.9. The molecule has 2 aromatic rings. The van der Waals surface area contributed by atoms with Crippen molar-refractivity contribution in [2.45, 2.75) is 6.54 Å². The predicted octanol–water partition coefficient (Wildman–Crippen LogP) is 2.40. The van der Waals surface area contributed by atoms with Crippen LogP contribution in [0.2, 0.25) is 0 Å². The van der Waals surface area contributed by atoms with E-state index in [1.54, 1.807) is 11.3 Å². The Morgan fingerprint density at radius 1 is 1.47 bits per heavy atom. The molecule has 0 aliphatic heterocycles. The number of carbonyl (C=O) groups is 1. The normalized spacial score (nSPS) is 11.0. The fourth-order valence-electron chi connectivity index (χ4n) is 1.73. The Hall–Kier alpha value is -1.39. The Morgan fingerprint density at radius 2 is 2.29 bits per heavy atom. The van der Waals surface area contributed by atoms with Gasteiger partial charge in [-0.25, -0.2) is 0 Å². The van der Waals surface area contributed by atoms with Gasteiger partial charge in [0, 0.05) is 36.4 Å². The molecule has 0 fully saturated rings. The number of nitrogens with zero attached hydrogens (tertiary/aromatic N) is 2. The highest BCUT2D eigenvalue weighted by Gasteiger charge is 2.10. The molecule has 90 valence electrons. The molecule has 0 aliphatic carbocycles. The Labute approximate surface area is 105 Å². The van der Waals surface area contributed by atoms with E-state index in [-0.39, 0.29) is 5.78 Å². The summed E-state index contributed by atoms with van der Waals surface area (Å²) in [5.41, 5.74) is 0.783. The van der Waals surface area contributed by atoms with Crippen molar-refractivity contribution in [3.05, 3.63) is 46.4 Å². The minimum absolute atomic E-state index is 0.171. The first-order chi connectivity index (χ1) is 8.15. The van der Waals surface area contributed by atoms with Gasteiger partial charge in [-0.3, -0.25) is 9.69 Å². The van der Waals surface area contributed by atoms with Crippen molar-refractivity contribution in [3.8, 4) is 0 Å². The number of carbonyl (C=O) groups excluding carboxylic acids is 1. The molecule has 2 rings (SSSR count). The quantitative estimate of drug-likeness (QED) is 0.759. The molecule has 17 heavy (non-hydrogen) atoms. The molecule has 0 bridgehead atoms. The Bertz CT molecular complexity index is 487. The SMILES string of the molecule is CN(CC(=O)c1ccn(C)c1)Cc1cccs1. The largest absolute Gasteiger partial charge is 0.357 e. The lowest BCUT2D eigenvalue weighted by Crippen LogP contribution is -2.25. The number of hydrogen-bond donors (Lipinski definition) is 0. The first kappa shape index (κ1) is 12.1. The Morgan fingerprint density at radius 3 is 2.88 bits per heavy atom. The van der Waals surface area contributed by atoms with Gasteiger partial charge in [0.1, 0.15) is 0 Å². The molecule has 0 N–H and O–H groups in total. The lowest BCUT2D eigenvalue weighted by atomic mass is 10.2. The fourth-order valence-corrected chi connectivity index (χ4v) is 2.51. The fraction of sp³-hybridized carbons (Fsp3) is 0.308. The zero-order chi connectivity index (χ0) is 12.3. The van der Waals surface area contributed by atoms with Crippen molar-refractivity contribution < 1.29 is 4.79 Å². The smallest absolute Gasteiger partial charge is 0.178 e. The van der Waals surface area contributed by atoms with Crippen LogP contribution in [0.25, 0.3) is 0 Å². The first-order valence-corrected chi connectivity index (χ1v) is 6.39.